The van der Waals surface area contributed by atoms with Crippen LogP contribution in [-0.4, -0.2) is 68.8 Å². The van der Waals surface area contributed by atoms with Crippen molar-refractivity contribution in [2.45, 2.75) is 13.0 Å². The van der Waals surface area contributed by atoms with Gasteiger partial charge in [0.05, 0.1) is 7.11 Å². The summed E-state index contributed by atoms with van der Waals surface area (Å²) in [5.41, 5.74) is 0.477. The summed E-state index contributed by atoms with van der Waals surface area (Å²) in [6.07, 6.45) is -0.134. The number of nitrogens with zero attached hydrogens (tertiary/aromatic N) is 2. The average Bonchev–Trinajstić information content (AvgIpc) is 2.49. The first-order valence-corrected chi connectivity index (χ1v) is 7.35. The minimum absolute atomic E-state index is 0.134. The van der Waals surface area contributed by atoms with Crippen LogP contribution in [0.1, 0.15) is 17.3 Å². The van der Waals surface area contributed by atoms with Crippen LogP contribution in [0.3, 0.4) is 0 Å². The van der Waals surface area contributed by atoms with E-state index in [2.05, 4.69) is 16.8 Å². The molecule has 2 rings (SSSR count). The number of ether oxygens (including phenoxy) is 2. The molecule has 1 aromatic carbocycles. The first-order valence-electron chi connectivity index (χ1n) is 7.35. The largest absolute Gasteiger partial charge is 0.496 e. The topological polar surface area (TPSA) is 42.0 Å². The van der Waals surface area contributed by atoms with Crippen LogP contribution in [0.2, 0.25) is 0 Å². The quantitative estimate of drug-likeness (QED) is 0.769. The van der Waals surface area contributed by atoms with E-state index in [1.54, 1.807) is 19.2 Å². The molecule has 1 aliphatic rings. The fraction of sp³-hybridized carbons (Fsp3) is 0.562. The fourth-order valence-electron chi connectivity index (χ4n) is 2.49. The number of hydrogen-bond donors (Lipinski definition) is 0. The van der Waals surface area contributed by atoms with E-state index in [1.807, 2.05) is 19.1 Å². The maximum Gasteiger partial charge on any atom is 0.342 e. The van der Waals surface area contributed by atoms with Gasteiger partial charge >= 0.3 is 5.97 Å². The third kappa shape index (κ3) is 4.44. The van der Waals surface area contributed by atoms with E-state index in [1.165, 1.54) is 0 Å². The van der Waals surface area contributed by atoms with Crippen LogP contribution >= 0.6 is 0 Å². The predicted octanol–water partition coefficient (Wildman–Crippen LogP) is 1.49. The van der Waals surface area contributed by atoms with Crippen molar-refractivity contribution in [3.8, 4) is 5.75 Å². The molecule has 0 saturated carbocycles. The molecule has 0 unspecified atom stereocenters. The van der Waals surface area contributed by atoms with Gasteiger partial charge < -0.3 is 14.4 Å². The Morgan fingerprint density at radius 3 is 2.57 bits per heavy atom. The van der Waals surface area contributed by atoms with Gasteiger partial charge in [0.25, 0.3) is 0 Å². The monoisotopic (exact) mass is 292 g/mol. The van der Waals surface area contributed by atoms with Gasteiger partial charge in [0, 0.05) is 32.7 Å². The zero-order valence-electron chi connectivity index (χ0n) is 13.0. The van der Waals surface area contributed by atoms with E-state index in [-0.39, 0.29) is 12.1 Å². The highest BCUT2D eigenvalue weighted by atomic mass is 16.5. The molecule has 1 aromatic rings. The Morgan fingerprint density at radius 1 is 1.24 bits per heavy atom. The number of carbonyl (C=O) groups is 1. The molecular formula is C16H24N2O3. The van der Waals surface area contributed by atoms with E-state index in [9.17, 15) is 4.79 Å². The van der Waals surface area contributed by atoms with Gasteiger partial charge in [0.15, 0.2) is 0 Å². The molecule has 0 aromatic heterocycles. The normalized spacial score (nSPS) is 18.2. The second-order valence-electron chi connectivity index (χ2n) is 5.52. The molecule has 0 spiro atoms. The van der Waals surface area contributed by atoms with Crippen molar-refractivity contribution < 1.29 is 14.3 Å². The zero-order valence-corrected chi connectivity index (χ0v) is 13.0. The highest BCUT2D eigenvalue weighted by Gasteiger charge is 2.20. The Kier molecular flexibility index (Phi) is 5.59. The van der Waals surface area contributed by atoms with E-state index >= 15 is 0 Å². The number of hydrogen-bond acceptors (Lipinski definition) is 5. The summed E-state index contributed by atoms with van der Waals surface area (Å²) in [6, 6.07) is 7.14. The van der Waals surface area contributed by atoms with Gasteiger partial charge in [0.2, 0.25) is 0 Å². The molecule has 0 bridgehead atoms. The fourth-order valence-corrected chi connectivity index (χ4v) is 2.49. The molecule has 1 heterocycles. The van der Waals surface area contributed by atoms with Crippen molar-refractivity contribution in [3.63, 3.8) is 0 Å². The maximum absolute atomic E-state index is 12.2. The molecule has 1 fully saturated rings. The molecule has 0 amide bonds. The number of carbonyl (C=O) groups excluding carboxylic acids is 1. The summed E-state index contributed by atoms with van der Waals surface area (Å²) in [6.45, 7) is 6.88. The molecule has 1 aliphatic heterocycles. The molecule has 116 valence electrons. The number of esters is 1. The summed E-state index contributed by atoms with van der Waals surface area (Å²) in [5.74, 6) is 0.225. The Bertz CT molecular complexity index is 470. The zero-order chi connectivity index (χ0) is 15.2. The Balaban J connectivity index is 1.87. The van der Waals surface area contributed by atoms with Crippen molar-refractivity contribution in [1.29, 1.82) is 0 Å². The van der Waals surface area contributed by atoms with Gasteiger partial charge in [-0.15, -0.1) is 0 Å². The van der Waals surface area contributed by atoms with Crippen LogP contribution in [0.15, 0.2) is 24.3 Å². The van der Waals surface area contributed by atoms with Gasteiger partial charge in [-0.25, -0.2) is 4.79 Å². The van der Waals surface area contributed by atoms with Crippen molar-refractivity contribution in [2.75, 3.05) is 46.9 Å². The highest BCUT2D eigenvalue weighted by molar-refractivity contribution is 5.92. The van der Waals surface area contributed by atoms with Crippen LogP contribution in [0, 0.1) is 0 Å². The maximum atomic E-state index is 12.2. The highest BCUT2D eigenvalue weighted by Crippen LogP contribution is 2.19. The van der Waals surface area contributed by atoms with Gasteiger partial charge in [-0.1, -0.05) is 12.1 Å². The lowest BCUT2D eigenvalue weighted by atomic mass is 10.2. The van der Waals surface area contributed by atoms with Crippen LogP contribution in [0.5, 0.6) is 5.75 Å². The minimum atomic E-state index is -0.325. The number of benzene rings is 1. The van der Waals surface area contributed by atoms with Gasteiger partial charge in [-0.3, -0.25) is 4.90 Å². The molecule has 5 nitrogen and oxygen atoms in total. The summed E-state index contributed by atoms with van der Waals surface area (Å²) >= 11 is 0. The number of likely N-dealkylation sites (N-methyl/N-ethyl adjacent to an activating group) is 1. The lowest BCUT2D eigenvalue weighted by Crippen LogP contribution is -2.47. The number of rotatable bonds is 5. The van der Waals surface area contributed by atoms with E-state index in [4.69, 9.17) is 9.47 Å². The van der Waals surface area contributed by atoms with Crippen LogP contribution in [0.25, 0.3) is 0 Å². The molecule has 1 saturated heterocycles. The SMILES string of the molecule is COc1ccccc1C(=O)O[C@H](C)CN1CCN(C)CC1. The minimum Gasteiger partial charge on any atom is -0.496 e. The molecule has 1 atom stereocenters. The van der Waals surface area contributed by atoms with Crippen molar-refractivity contribution in [3.05, 3.63) is 29.8 Å². The molecule has 0 aliphatic carbocycles. The standard InChI is InChI=1S/C16H24N2O3/c1-13(12-18-10-8-17(2)9-11-18)21-16(19)14-6-4-5-7-15(14)20-3/h4-7,13H,8-12H2,1-3H3/t13-/m1/s1. The Morgan fingerprint density at radius 2 is 1.90 bits per heavy atom. The first kappa shape index (κ1) is 15.8. The Hall–Kier alpha value is -1.59. The number of methoxy groups -OCH3 is 1. The predicted molar refractivity (Wildman–Crippen MR) is 81.8 cm³/mol. The number of para-hydroxylation sites is 1. The molecule has 5 heteroatoms. The first-order chi connectivity index (χ1) is 10.1. The van der Waals surface area contributed by atoms with Crippen molar-refractivity contribution >= 4 is 5.97 Å². The van der Waals surface area contributed by atoms with Gasteiger partial charge in [-0.2, -0.15) is 0 Å². The number of piperazine rings is 1. The van der Waals surface area contributed by atoms with Crippen molar-refractivity contribution in [2.24, 2.45) is 0 Å². The second kappa shape index (κ2) is 7.43. The van der Waals surface area contributed by atoms with Crippen molar-refractivity contribution in [1.82, 2.24) is 9.80 Å². The molecule has 0 N–H and O–H groups in total. The summed E-state index contributed by atoms with van der Waals surface area (Å²) < 4.78 is 10.7. The van der Waals surface area contributed by atoms with E-state index in [0.717, 1.165) is 32.7 Å². The lowest BCUT2D eigenvalue weighted by Gasteiger charge is -2.33. The second-order valence-corrected chi connectivity index (χ2v) is 5.52. The summed E-state index contributed by atoms with van der Waals surface area (Å²) in [7, 11) is 3.68. The third-order valence-corrected chi connectivity index (χ3v) is 3.75. The Labute approximate surface area is 126 Å². The van der Waals surface area contributed by atoms with E-state index in [0.29, 0.717) is 11.3 Å². The van der Waals surface area contributed by atoms with Gasteiger partial charge in [-0.05, 0) is 26.1 Å². The summed E-state index contributed by atoms with van der Waals surface area (Å²) in [4.78, 5) is 16.8. The molecule has 21 heavy (non-hydrogen) atoms. The van der Waals surface area contributed by atoms with Crippen LogP contribution in [0.4, 0.5) is 0 Å². The summed E-state index contributed by atoms with van der Waals surface area (Å²) in [5, 5.41) is 0. The molecule has 0 radical (unpaired) electrons. The lowest BCUT2D eigenvalue weighted by molar-refractivity contribution is 0.0204. The van der Waals surface area contributed by atoms with E-state index < -0.39 is 0 Å². The third-order valence-electron chi connectivity index (χ3n) is 3.75. The average molecular weight is 292 g/mol. The molecular weight excluding hydrogens is 268 g/mol. The smallest absolute Gasteiger partial charge is 0.342 e. The van der Waals surface area contributed by atoms with Gasteiger partial charge in [0.1, 0.15) is 17.4 Å². The van der Waals surface area contributed by atoms with Crippen LogP contribution < -0.4 is 4.74 Å². The van der Waals surface area contributed by atoms with Crippen LogP contribution in [-0.2, 0) is 4.74 Å².